The highest BCUT2D eigenvalue weighted by Crippen LogP contribution is 2.18. The molecule has 5 nitrogen and oxygen atoms in total. The molecule has 0 bridgehead atoms. The number of hydrogen-bond acceptors (Lipinski definition) is 5. The molecule has 1 aromatic rings. The maximum Gasteiger partial charge on any atom is 0.144 e. The van der Waals surface area contributed by atoms with E-state index in [-0.39, 0.29) is 6.61 Å². The predicted octanol–water partition coefficient (Wildman–Crippen LogP) is 1.69. The van der Waals surface area contributed by atoms with Gasteiger partial charge in [-0.05, 0) is 50.8 Å². The number of likely N-dealkylation sites (tertiary alicyclic amines) is 1. The highest BCUT2D eigenvalue weighted by atomic mass is 16.3. The van der Waals surface area contributed by atoms with Crippen LogP contribution >= 0.6 is 0 Å². The van der Waals surface area contributed by atoms with Crippen LogP contribution in [0, 0.1) is 31.1 Å². The van der Waals surface area contributed by atoms with Gasteiger partial charge in [0.25, 0.3) is 0 Å². The molecule has 1 aliphatic rings. The number of piperidine rings is 1. The smallest absolute Gasteiger partial charge is 0.144 e. The summed E-state index contributed by atoms with van der Waals surface area (Å²) in [6.45, 7) is 7.89. The number of nitrogens with zero attached hydrogens (tertiary/aromatic N) is 3. The zero-order valence-corrected chi connectivity index (χ0v) is 12.9. The van der Waals surface area contributed by atoms with Crippen molar-refractivity contribution in [2.75, 3.05) is 38.1 Å². The lowest BCUT2D eigenvalue weighted by molar-refractivity contribution is 0.123. The van der Waals surface area contributed by atoms with Crippen molar-refractivity contribution in [2.45, 2.75) is 26.7 Å². The van der Waals surface area contributed by atoms with Crippen molar-refractivity contribution in [3.8, 4) is 6.07 Å². The molecule has 5 heteroatoms. The molecule has 21 heavy (non-hydrogen) atoms. The third-order valence-electron chi connectivity index (χ3n) is 4.04. The number of aromatic nitrogens is 1. The number of aliphatic hydroxyl groups excluding tert-OH is 1. The minimum Gasteiger partial charge on any atom is -0.396 e. The Bertz CT molecular complexity index is 524. The number of nitriles is 1. The van der Waals surface area contributed by atoms with Crippen molar-refractivity contribution >= 4 is 5.82 Å². The lowest BCUT2D eigenvalue weighted by atomic mass is 9.99. The number of hydrogen-bond donors (Lipinski definition) is 2. The number of nitrogens with one attached hydrogen (secondary N) is 1. The van der Waals surface area contributed by atoms with E-state index in [0.717, 1.165) is 50.3 Å². The number of anilines is 1. The van der Waals surface area contributed by atoms with Crippen LogP contribution in [0.25, 0.3) is 0 Å². The Morgan fingerprint density at radius 3 is 3.05 bits per heavy atom. The van der Waals surface area contributed by atoms with Crippen LogP contribution in [0.1, 0.15) is 29.7 Å². The van der Waals surface area contributed by atoms with E-state index in [9.17, 15) is 10.4 Å². The van der Waals surface area contributed by atoms with Gasteiger partial charge >= 0.3 is 0 Å². The topological polar surface area (TPSA) is 72.2 Å². The van der Waals surface area contributed by atoms with Gasteiger partial charge in [-0.25, -0.2) is 4.98 Å². The zero-order valence-electron chi connectivity index (χ0n) is 12.9. The fourth-order valence-electron chi connectivity index (χ4n) is 2.94. The lowest BCUT2D eigenvalue weighted by Crippen LogP contribution is -2.39. The van der Waals surface area contributed by atoms with Gasteiger partial charge in [-0.3, -0.25) is 0 Å². The van der Waals surface area contributed by atoms with E-state index >= 15 is 0 Å². The van der Waals surface area contributed by atoms with Gasteiger partial charge in [0, 0.05) is 31.9 Å². The van der Waals surface area contributed by atoms with Crippen LogP contribution in [0.3, 0.4) is 0 Å². The molecule has 1 aromatic heterocycles. The quantitative estimate of drug-likeness (QED) is 0.862. The Morgan fingerprint density at radius 1 is 1.52 bits per heavy atom. The fourth-order valence-corrected chi connectivity index (χ4v) is 2.94. The van der Waals surface area contributed by atoms with Crippen molar-refractivity contribution in [3.05, 3.63) is 22.9 Å². The Morgan fingerprint density at radius 2 is 2.33 bits per heavy atom. The summed E-state index contributed by atoms with van der Waals surface area (Å²) in [5.41, 5.74) is 2.52. The van der Waals surface area contributed by atoms with E-state index in [4.69, 9.17) is 0 Å². The molecular formula is C16H24N4O. The van der Waals surface area contributed by atoms with E-state index in [2.05, 4.69) is 21.3 Å². The fraction of sp³-hybridized carbons (Fsp3) is 0.625. The summed E-state index contributed by atoms with van der Waals surface area (Å²) in [5, 5.41) is 21.8. The number of rotatable bonds is 5. The van der Waals surface area contributed by atoms with Crippen LogP contribution in [0.15, 0.2) is 6.07 Å². The summed E-state index contributed by atoms with van der Waals surface area (Å²) in [7, 11) is 0. The second-order valence-corrected chi connectivity index (χ2v) is 5.83. The zero-order chi connectivity index (χ0) is 15.2. The normalized spacial score (nSPS) is 19.2. The summed E-state index contributed by atoms with van der Waals surface area (Å²) < 4.78 is 0. The average molecular weight is 288 g/mol. The van der Waals surface area contributed by atoms with Gasteiger partial charge < -0.3 is 15.3 Å². The summed E-state index contributed by atoms with van der Waals surface area (Å²) in [5.74, 6) is 1.10. The third kappa shape index (κ3) is 4.16. The molecule has 0 spiro atoms. The first-order chi connectivity index (χ1) is 10.1. The molecule has 2 rings (SSSR count). The minimum atomic E-state index is 0.279. The maximum atomic E-state index is 9.25. The van der Waals surface area contributed by atoms with Gasteiger partial charge in [0.2, 0.25) is 0 Å². The lowest BCUT2D eigenvalue weighted by Gasteiger charge is -2.31. The Labute approximate surface area is 126 Å². The van der Waals surface area contributed by atoms with Crippen LogP contribution < -0.4 is 5.32 Å². The van der Waals surface area contributed by atoms with Gasteiger partial charge in [0.1, 0.15) is 11.9 Å². The third-order valence-corrected chi connectivity index (χ3v) is 4.04. The van der Waals surface area contributed by atoms with Gasteiger partial charge in [0.05, 0.1) is 5.56 Å². The first-order valence-corrected chi connectivity index (χ1v) is 7.59. The van der Waals surface area contributed by atoms with Crippen LogP contribution in [0.5, 0.6) is 0 Å². The van der Waals surface area contributed by atoms with E-state index in [1.165, 1.54) is 0 Å². The molecule has 1 saturated heterocycles. The van der Waals surface area contributed by atoms with Gasteiger partial charge in [-0.2, -0.15) is 5.26 Å². The summed E-state index contributed by atoms with van der Waals surface area (Å²) in [6, 6.07) is 4.15. The van der Waals surface area contributed by atoms with Crippen LogP contribution in [-0.4, -0.2) is 47.8 Å². The van der Waals surface area contributed by atoms with Crippen LogP contribution in [-0.2, 0) is 0 Å². The van der Waals surface area contributed by atoms with Crippen molar-refractivity contribution in [2.24, 2.45) is 5.92 Å². The predicted molar refractivity (Wildman–Crippen MR) is 83.2 cm³/mol. The average Bonchev–Trinajstić information content (AvgIpc) is 2.47. The first kappa shape index (κ1) is 15.7. The molecule has 2 heterocycles. The summed E-state index contributed by atoms with van der Waals surface area (Å²) >= 11 is 0. The number of aliphatic hydroxyl groups is 1. The molecule has 1 atom stereocenters. The molecule has 2 N–H and O–H groups in total. The van der Waals surface area contributed by atoms with Crippen molar-refractivity contribution < 1.29 is 5.11 Å². The van der Waals surface area contributed by atoms with Crippen molar-refractivity contribution in [3.63, 3.8) is 0 Å². The van der Waals surface area contributed by atoms with Crippen LogP contribution in [0.2, 0.25) is 0 Å². The monoisotopic (exact) mass is 288 g/mol. The van der Waals surface area contributed by atoms with Crippen molar-refractivity contribution in [1.82, 2.24) is 9.88 Å². The summed E-state index contributed by atoms with van der Waals surface area (Å²) in [4.78, 5) is 6.79. The molecule has 1 fully saturated rings. The standard InChI is InChI=1S/C16H24N4O/c1-12-8-13(2)19-16(15(12)9-17)18-5-7-20-6-3-4-14(10-20)11-21/h8,14,21H,3-7,10-11H2,1-2H3,(H,18,19). The van der Waals surface area contributed by atoms with E-state index in [1.807, 2.05) is 19.9 Å². The first-order valence-electron chi connectivity index (χ1n) is 7.59. The highest BCUT2D eigenvalue weighted by Gasteiger charge is 2.18. The van der Waals surface area contributed by atoms with Gasteiger partial charge in [0.15, 0.2) is 0 Å². The molecule has 1 aliphatic heterocycles. The molecular weight excluding hydrogens is 264 g/mol. The summed E-state index contributed by atoms with van der Waals surface area (Å²) in [6.07, 6.45) is 2.27. The Hall–Kier alpha value is -1.64. The van der Waals surface area contributed by atoms with Gasteiger partial charge in [-0.15, -0.1) is 0 Å². The second kappa shape index (κ2) is 7.39. The SMILES string of the molecule is Cc1cc(C)c(C#N)c(NCCN2CCCC(CO)C2)n1. The van der Waals surface area contributed by atoms with E-state index in [0.29, 0.717) is 17.3 Å². The largest absolute Gasteiger partial charge is 0.396 e. The number of aryl methyl sites for hydroxylation is 2. The molecule has 0 saturated carbocycles. The highest BCUT2D eigenvalue weighted by molar-refractivity contribution is 5.56. The number of pyridine rings is 1. The Balaban J connectivity index is 1.90. The van der Waals surface area contributed by atoms with E-state index in [1.54, 1.807) is 0 Å². The van der Waals surface area contributed by atoms with E-state index < -0.39 is 0 Å². The maximum absolute atomic E-state index is 9.25. The second-order valence-electron chi connectivity index (χ2n) is 5.83. The molecule has 0 aliphatic carbocycles. The molecule has 0 aromatic carbocycles. The van der Waals surface area contributed by atoms with Gasteiger partial charge in [-0.1, -0.05) is 0 Å². The molecule has 1 unspecified atom stereocenters. The van der Waals surface area contributed by atoms with Crippen molar-refractivity contribution in [1.29, 1.82) is 5.26 Å². The molecule has 114 valence electrons. The molecule has 0 radical (unpaired) electrons. The van der Waals surface area contributed by atoms with Crippen LogP contribution in [0.4, 0.5) is 5.82 Å². The Kier molecular flexibility index (Phi) is 5.54. The molecule has 0 amide bonds. The minimum absolute atomic E-state index is 0.279.